The van der Waals surface area contributed by atoms with E-state index in [4.69, 9.17) is 18.9 Å². The number of hydrogen-bond acceptors (Lipinski definition) is 12. The smallest absolute Gasteiger partial charge is 0.207 e. The predicted octanol–water partition coefficient (Wildman–Crippen LogP) is 7.83. The fraction of sp³-hybridized carbons (Fsp3) is 0.571. The number of rotatable bonds is 8. The highest BCUT2D eigenvalue weighted by Crippen LogP contribution is 2.65. The Morgan fingerprint density at radius 2 is 1.72 bits per heavy atom. The van der Waals surface area contributed by atoms with Crippen molar-refractivity contribution in [1.82, 2.24) is 0 Å². The number of phenolic OH excluding ortho intramolecular Hbond substituents is 3. The summed E-state index contributed by atoms with van der Waals surface area (Å²) in [6, 6.07) is 8.84. The molecule has 2 fully saturated rings. The maximum absolute atomic E-state index is 13.0. The van der Waals surface area contributed by atoms with Gasteiger partial charge in [0, 0.05) is 45.6 Å². The molecular formula is C42H52O10S2. The molecule has 7 unspecified atom stereocenters. The molecule has 0 radical (unpaired) electrons. The number of ether oxygens (including phenoxy) is 4. The lowest BCUT2D eigenvalue weighted by Crippen LogP contribution is -2.57. The van der Waals surface area contributed by atoms with Crippen LogP contribution in [0.4, 0.5) is 0 Å². The van der Waals surface area contributed by atoms with Gasteiger partial charge in [0.2, 0.25) is 11.5 Å². The lowest BCUT2D eigenvalue weighted by atomic mass is 9.62. The van der Waals surface area contributed by atoms with Gasteiger partial charge < -0.3 is 49.6 Å². The molecular weight excluding hydrogens is 729 g/mol. The maximum atomic E-state index is 13.0. The summed E-state index contributed by atoms with van der Waals surface area (Å²) in [6.07, 6.45) is 7.44. The van der Waals surface area contributed by atoms with E-state index in [9.17, 15) is 30.6 Å². The average molecular weight is 781 g/mol. The number of aromatic hydroxyl groups is 3. The molecule has 3 aromatic carbocycles. The number of aliphatic hydroxyl groups excluding tert-OH is 3. The van der Waals surface area contributed by atoms with Gasteiger partial charge in [-0.3, -0.25) is 0 Å². The molecule has 0 spiro atoms. The minimum atomic E-state index is -1.45. The molecule has 10 nitrogen and oxygen atoms in total. The molecule has 54 heavy (non-hydrogen) atoms. The van der Waals surface area contributed by atoms with Gasteiger partial charge in [0.25, 0.3) is 0 Å². The number of benzene rings is 3. The summed E-state index contributed by atoms with van der Waals surface area (Å²) in [5.74, 6) is 0.951. The van der Waals surface area contributed by atoms with Crippen molar-refractivity contribution in [1.29, 1.82) is 0 Å². The molecule has 2 aliphatic heterocycles. The topological polar surface area (TPSA) is 158 Å². The Balaban J connectivity index is 1.37. The van der Waals surface area contributed by atoms with Gasteiger partial charge in [-0.05, 0) is 98.1 Å². The third-order valence-corrected chi connectivity index (χ3v) is 15.6. The van der Waals surface area contributed by atoms with Crippen molar-refractivity contribution in [2.45, 2.75) is 112 Å². The monoisotopic (exact) mass is 780 g/mol. The van der Waals surface area contributed by atoms with Crippen molar-refractivity contribution < 1.29 is 49.6 Å². The van der Waals surface area contributed by atoms with Gasteiger partial charge in [-0.25, -0.2) is 0 Å². The summed E-state index contributed by atoms with van der Waals surface area (Å²) in [7, 11) is 5.00. The largest absolute Gasteiger partial charge is 0.508 e. The second kappa shape index (κ2) is 15.4. The highest BCUT2D eigenvalue weighted by Gasteiger charge is 2.59. The van der Waals surface area contributed by atoms with E-state index in [1.165, 1.54) is 7.11 Å². The number of methoxy groups -OCH3 is 1. The van der Waals surface area contributed by atoms with Crippen LogP contribution >= 0.6 is 21.6 Å². The first kappa shape index (κ1) is 37.7. The van der Waals surface area contributed by atoms with Crippen LogP contribution < -0.4 is 18.9 Å². The summed E-state index contributed by atoms with van der Waals surface area (Å²) in [5.41, 5.74) is 3.12. The second-order valence-corrected chi connectivity index (χ2v) is 18.5. The number of fused-ring (bicyclic) bond motifs is 5. The van der Waals surface area contributed by atoms with Gasteiger partial charge in [0.15, 0.2) is 17.1 Å². The highest BCUT2D eigenvalue weighted by atomic mass is 33.1. The van der Waals surface area contributed by atoms with E-state index in [-0.39, 0.29) is 71.4 Å². The van der Waals surface area contributed by atoms with Crippen LogP contribution in [0, 0.1) is 5.92 Å². The first-order chi connectivity index (χ1) is 26.2. The second-order valence-electron chi connectivity index (χ2n) is 15.8. The Morgan fingerprint density at radius 1 is 0.907 bits per heavy atom. The normalized spacial score (nSPS) is 29.2. The van der Waals surface area contributed by atoms with E-state index >= 15 is 0 Å². The van der Waals surface area contributed by atoms with Crippen LogP contribution in [-0.2, 0) is 5.60 Å². The van der Waals surface area contributed by atoms with E-state index in [1.54, 1.807) is 22.9 Å². The molecule has 3 aromatic rings. The van der Waals surface area contributed by atoms with Crippen LogP contribution in [0.3, 0.4) is 0 Å². The number of aliphatic hydroxyl groups is 3. The third kappa shape index (κ3) is 6.33. The first-order valence-electron chi connectivity index (χ1n) is 19.5. The van der Waals surface area contributed by atoms with Crippen molar-refractivity contribution in [2.24, 2.45) is 5.92 Å². The number of hydrogen-bond donors (Lipinski definition) is 6. The van der Waals surface area contributed by atoms with E-state index in [1.807, 2.05) is 29.0 Å². The van der Waals surface area contributed by atoms with Crippen LogP contribution in [0.25, 0.3) is 11.1 Å². The van der Waals surface area contributed by atoms with Crippen LogP contribution in [0.5, 0.6) is 40.2 Å². The van der Waals surface area contributed by atoms with Gasteiger partial charge in [0.1, 0.15) is 30.0 Å². The standard InChI is InChI=1S/C42H52O10S2/c1-22-8-10-25-27-18-23(45)9-11-26(27)34-30(50-16-15-43)20-31-36(35(34)28(25)21-44)37-33(54-53-17-13-22)12-14-42(52-31,41(37)48)29-19-32(39(47)40(49-2)38(29)46)51-24-6-4-3-5-7-24/h9,11,18-20,22,24-25,28,33,37,41,43-48H,3-8,10,12-17,21H2,1-2H3. The summed E-state index contributed by atoms with van der Waals surface area (Å²) >= 11 is 0. The Bertz CT molecular complexity index is 1860. The zero-order valence-corrected chi connectivity index (χ0v) is 32.6. The van der Waals surface area contributed by atoms with Crippen molar-refractivity contribution >= 4 is 21.6 Å². The molecule has 0 amide bonds. The van der Waals surface area contributed by atoms with Crippen LogP contribution in [0.2, 0.25) is 0 Å². The Kier molecular flexibility index (Phi) is 10.8. The molecule has 0 aromatic heterocycles. The minimum absolute atomic E-state index is 0.0213. The average Bonchev–Trinajstić information content (AvgIpc) is 3.17. The Hall–Kier alpha value is -3.16. The lowest BCUT2D eigenvalue weighted by Gasteiger charge is -2.54. The van der Waals surface area contributed by atoms with Gasteiger partial charge >= 0.3 is 0 Å². The van der Waals surface area contributed by atoms with E-state index in [0.29, 0.717) is 30.3 Å². The Labute approximate surface area is 324 Å². The van der Waals surface area contributed by atoms with Crippen molar-refractivity contribution in [3.05, 3.63) is 52.6 Å². The molecule has 5 aliphatic rings. The van der Waals surface area contributed by atoms with Gasteiger partial charge in [-0.15, -0.1) is 0 Å². The van der Waals surface area contributed by atoms with Crippen LogP contribution in [0.15, 0.2) is 30.3 Å². The molecule has 7 atom stereocenters. The molecule has 2 saturated carbocycles. The van der Waals surface area contributed by atoms with Gasteiger partial charge in [0.05, 0.1) is 26.4 Å². The molecule has 0 saturated heterocycles. The van der Waals surface area contributed by atoms with Crippen molar-refractivity contribution in [3.8, 4) is 51.4 Å². The zero-order chi connectivity index (χ0) is 37.7. The lowest BCUT2D eigenvalue weighted by molar-refractivity contribution is -0.112. The summed E-state index contributed by atoms with van der Waals surface area (Å²) < 4.78 is 25.5. The van der Waals surface area contributed by atoms with Crippen LogP contribution in [-0.4, -0.2) is 80.8 Å². The highest BCUT2D eigenvalue weighted by molar-refractivity contribution is 8.76. The predicted molar refractivity (Wildman–Crippen MR) is 210 cm³/mol. The molecule has 3 aliphatic carbocycles. The van der Waals surface area contributed by atoms with Crippen molar-refractivity contribution in [2.75, 3.05) is 32.7 Å². The maximum Gasteiger partial charge on any atom is 0.207 e. The SMILES string of the molecule is COc1c(O)c(OC2CCCCC2)cc(C23CCC4SSCCC(C)CCC5c6cc(O)ccc6-c6c(OCCO)cc(c(c6C5CO)C4C2O)O3)c1O. The molecule has 12 heteroatoms. The molecule has 6 N–H and O–H groups in total. The van der Waals surface area contributed by atoms with E-state index in [2.05, 4.69) is 6.92 Å². The molecule has 2 heterocycles. The fourth-order valence-corrected chi connectivity index (χ4v) is 13.1. The molecule has 4 bridgehead atoms. The first-order valence-corrected chi connectivity index (χ1v) is 21.9. The van der Waals surface area contributed by atoms with E-state index in [0.717, 1.165) is 84.9 Å². The number of phenols is 3. The fourth-order valence-electron chi connectivity index (χ4n) is 9.97. The van der Waals surface area contributed by atoms with Crippen molar-refractivity contribution in [3.63, 3.8) is 0 Å². The van der Waals surface area contributed by atoms with Crippen LogP contribution in [0.1, 0.15) is 111 Å². The molecule has 292 valence electrons. The summed E-state index contributed by atoms with van der Waals surface area (Å²) in [6.45, 7) is 1.91. The van der Waals surface area contributed by atoms with Gasteiger partial charge in [-0.2, -0.15) is 0 Å². The molecule has 8 rings (SSSR count). The summed E-state index contributed by atoms with van der Waals surface area (Å²) in [4.78, 5) is 0. The van der Waals surface area contributed by atoms with E-state index < -0.39 is 23.5 Å². The Morgan fingerprint density at radius 3 is 2.48 bits per heavy atom. The quantitative estimate of drug-likeness (QED) is 0.123. The third-order valence-electron chi connectivity index (χ3n) is 12.6. The summed E-state index contributed by atoms with van der Waals surface area (Å²) in [5, 5.41) is 68.2. The van der Waals surface area contributed by atoms with Gasteiger partial charge in [-0.1, -0.05) is 47.4 Å². The minimum Gasteiger partial charge on any atom is -0.508 e. The zero-order valence-electron chi connectivity index (χ0n) is 31.0.